The number of nitrogens with one attached hydrogen (secondary N) is 1. The molecule has 4 rings (SSSR count). The normalized spacial score (nSPS) is 14.5. The van der Waals surface area contributed by atoms with Crippen LogP contribution in [0.3, 0.4) is 0 Å². The van der Waals surface area contributed by atoms with Crippen LogP contribution in [-0.2, 0) is 11.3 Å². The average Bonchev–Trinajstić information content (AvgIpc) is 2.77. The van der Waals surface area contributed by atoms with Gasteiger partial charge in [0.25, 0.3) is 11.8 Å². The predicted octanol–water partition coefficient (Wildman–Crippen LogP) is 5.03. The lowest BCUT2D eigenvalue weighted by atomic mass is 10.1. The highest BCUT2D eigenvalue weighted by Crippen LogP contribution is 2.41. The first-order chi connectivity index (χ1) is 14.5. The SMILES string of the molecule is Cc1ccc(CNC(=O)c2ccc3c(c2)N(C)C(=O)C(=Cc2ccccc2)S3)cc1. The highest BCUT2D eigenvalue weighted by atomic mass is 32.2. The third-order valence-corrected chi connectivity index (χ3v) is 6.07. The second-order valence-electron chi connectivity index (χ2n) is 7.24. The van der Waals surface area contributed by atoms with E-state index in [1.807, 2.05) is 73.7 Å². The van der Waals surface area contributed by atoms with Gasteiger partial charge in [-0.1, -0.05) is 71.9 Å². The molecule has 1 aliphatic rings. The van der Waals surface area contributed by atoms with Crippen LogP contribution >= 0.6 is 11.8 Å². The number of benzene rings is 3. The van der Waals surface area contributed by atoms with Crippen molar-refractivity contribution in [3.8, 4) is 0 Å². The number of carbonyl (C=O) groups excluding carboxylic acids is 2. The zero-order chi connectivity index (χ0) is 21.1. The summed E-state index contributed by atoms with van der Waals surface area (Å²) in [5, 5.41) is 2.95. The Balaban J connectivity index is 1.52. The van der Waals surface area contributed by atoms with E-state index in [0.717, 1.165) is 21.7 Å². The third-order valence-electron chi connectivity index (χ3n) is 4.99. The van der Waals surface area contributed by atoms with Crippen LogP contribution in [0.2, 0.25) is 0 Å². The summed E-state index contributed by atoms with van der Waals surface area (Å²) in [6, 6.07) is 23.3. The van der Waals surface area contributed by atoms with Crippen LogP contribution in [0, 0.1) is 6.92 Å². The molecule has 1 heterocycles. The molecule has 150 valence electrons. The van der Waals surface area contributed by atoms with Crippen molar-refractivity contribution in [2.75, 3.05) is 11.9 Å². The number of anilines is 1. The van der Waals surface area contributed by atoms with Crippen LogP contribution in [0.4, 0.5) is 5.69 Å². The molecule has 30 heavy (non-hydrogen) atoms. The van der Waals surface area contributed by atoms with Gasteiger partial charge in [-0.15, -0.1) is 0 Å². The van der Waals surface area contributed by atoms with Gasteiger partial charge in [-0.2, -0.15) is 0 Å². The van der Waals surface area contributed by atoms with Crippen molar-refractivity contribution in [2.45, 2.75) is 18.4 Å². The lowest BCUT2D eigenvalue weighted by Gasteiger charge is -2.27. The molecule has 0 spiro atoms. The van der Waals surface area contributed by atoms with Crippen molar-refractivity contribution in [2.24, 2.45) is 0 Å². The van der Waals surface area contributed by atoms with Gasteiger partial charge in [0.1, 0.15) is 0 Å². The standard InChI is InChI=1S/C25H22N2O2S/c1-17-8-10-19(11-9-17)16-26-24(28)20-12-13-22-21(15-20)27(2)25(29)23(30-22)14-18-6-4-3-5-7-18/h3-15H,16H2,1-2H3,(H,26,28). The Labute approximate surface area is 180 Å². The molecule has 0 aromatic heterocycles. The third kappa shape index (κ3) is 4.31. The number of hydrogen-bond acceptors (Lipinski definition) is 3. The van der Waals surface area contributed by atoms with E-state index in [9.17, 15) is 9.59 Å². The largest absolute Gasteiger partial charge is 0.348 e. The number of hydrogen-bond donors (Lipinski definition) is 1. The van der Waals surface area contributed by atoms with Crippen molar-refractivity contribution >= 4 is 35.3 Å². The van der Waals surface area contributed by atoms with E-state index in [0.29, 0.717) is 17.0 Å². The molecule has 0 saturated heterocycles. The van der Waals surface area contributed by atoms with Crippen molar-refractivity contribution in [1.29, 1.82) is 0 Å². The highest BCUT2D eigenvalue weighted by Gasteiger charge is 2.27. The maximum absolute atomic E-state index is 12.8. The summed E-state index contributed by atoms with van der Waals surface area (Å²) in [4.78, 5) is 28.7. The number of aryl methyl sites for hydroxylation is 1. The van der Waals surface area contributed by atoms with Crippen LogP contribution in [-0.4, -0.2) is 18.9 Å². The number of rotatable bonds is 4. The number of amides is 2. The Morgan fingerprint density at radius 2 is 1.77 bits per heavy atom. The molecule has 2 amide bonds. The minimum Gasteiger partial charge on any atom is -0.348 e. The number of thioether (sulfide) groups is 1. The molecular formula is C25H22N2O2S. The van der Waals surface area contributed by atoms with Gasteiger partial charge < -0.3 is 10.2 Å². The van der Waals surface area contributed by atoms with Crippen LogP contribution in [0.1, 0.15) is 27.0 Å². The number of fused-ring (bicyclic) bond motifs is 1. The molecule has 1 aliphatic heterocycles. The molecular weight excluding hydrogens is 392 g/mol. The molecule has 5 heteroatoms. The molecule has 0 bridgehead atoms. The van der Waals surface area contributed by atoms with Gasteiger partial charge in [-0.3, -0.25) is 9.59 Å². The summed E-state index contributed by atoms with van der Waals surface area (Å²) >= 11 is 1.43. The van der Waals surface area contributed by atoms with Crippen molar-refractivity contribution in [1.82, 2.24) is 5.32 Å². The number of likely N-dealkylation sites (N-methyl/N-ethyl adjacent to an activating group) is 1. The topological polar surface area (TPSA) is 49.4 Å². The second-order valence-corrected chi connectivity index (χ2v) is 8.32. The Bertz CT molecular complexity index is 1120. The molecule has 1 N–H and O–H groups in total. The van der Waals surface area contributed by atoms with E-state index >= 15 is 0 Å². The molecule has 0 radical (unpaired) electrons. The first-order valence-electron chi connectivity index (χ1n) is 9.72. The molecule has 4 nitrogen and oxygen atoms in total. The van der Waals surface area contributed by atoms with Gasteiger partial charge in [0, 0.05) is 24.1 Å². The van der Waals surface area contributed by atoms with Gasteiger partial charge in [-0.25, -0.2) is 0 Å². The summed E-state index contributed by atoms with van der Waals surface area (Å²) in [7, 11) is 1.74. The Morgan fingerprint density at radius 1 is 1.03 bits per heavy atom. The van der Waals surface area contributed by atoms with Gasteiger partial charge in [0.05, 0.1) is 10.6 Å². The van der Waals surface area contributed by atoms with Crippen LogP contribution in [0.15, 0.2) is 82.6 Å². The summed E-state index contributed by atoms with van der Waals surface area (Å²) < 4.78 is 0. The van der Waals surface area contributed by atoms with Crippen molar-refractivity contribution < 1.29 is 9.59 Å². The fourth-order valence-corrected chi connectivity index (χ4v) is 4.32. The maximum atomic E-state index is 12.8. The number of nitrogens with zero attached hydrogens (tertiary/aromatic N) is 1. The van der Waals surface area contributed by atoms with E-state index in [-0.39, 0.29) is 11.8 Å². The quantitative estimate of drug-likeness (QED) is 0.609. The Kier molecular flexibility index (Phi) is 5.72. The van der Waals surface area contributed by atoms with Gasteiger partial charge >= 0.3 is 0 Å². The molecule has 0 unspecified atom stereocenters. The lowest BCUT2D eigenvalue weighted by molar-refractivity contribution is -0.114. The summed E-state index contributed by atoms with van der Waals surface area (Å²) in [5.41, 5.74) is 4.50. The summed E-state index contributed by atoms with van der Waals surface area (Å²) in [6.07, 6.45) is 1.90. The van der Waals surface area contributed by atoms with E-state index < -0.39 is 0 Å². The van der Waals surface area contributed by atoms with Gasteiger partial charge in [0.15, 0.2) is 0 Å². The molecule has 0 aliphatic carbocycles. The zero-order valence-corrected chi connectivity index (χ0v) is 17.7. The molecule has 0 fully saturated rings. The maximum Gasteiger partial charge on any atom is 0.264 e. The van der Waals surface area contributed by atoms with E-state index in [2.05, 4.69) is 5.32 Å². The highest BCUT2D eigenvalue weighted by molar-refractivity contribution is 8.04. The van der Waals surface area contributed by atoms with Gasteiger partial charge in [-0.05, 0) is 42.3 Å². The van der Waals surface area contributed by atoms with E-state index in [1.165, 1.54) is 17.3 Å². The smallest absolute Gasteiger partial charge is 0.264 e. The Hall–Kier alpha value is -3.31. The molecule has 3 aromatic rings. The zero-order valence-electron chi connectivity index (χ0n) is 16.9. The van der Waals surface area contributed by atoms with Crippen molar-refractivity contribution in [3.63, 3.8) is 0 Å². The van der Waals surface area contributed by atoms with Gasteiger partial charge in [0.2, 0.25) is 0 Å². The summed E-state index contributed by atoms with van der Waals surface area (Å²) in [6.45, 7) is 2.50. The fourth-order valence-electron chi connectivity index (χ4n) is 3.23. The summed E-state index contributed by atoms with van der Waals surface area (Å²) in [5.74, 6) is -0.233. The molecule has 0 saturated carbocycles. The first-order valence-corrected chi connectivity index (χ1v) is 10.5. The second kappa shape index (κ2) is 8.59. The monoisotopic (exact) mass is 414 g/mol. The minimum absolute atomic E-state index is 0.0754. The average molecular weight is 415 g/mol. The molecule has 0 atom stereocenters. The van der Waals surface area contributed by atoms with Crippen molar-refractivity contribution in [3.05, 3.63) is 100.0 Å². The fraction of sp³-hybridized carbons (Fsp3) is 0.120. The van der Waals surface area contributed by atoms with Crippen LogP contribution in [0.25, 0.3) is 6.08 Å². The number of carbonyl (C=O) groups is 2. The van der Waals surface area contributed by atoms with Crippen LogP contribution in [0.5, 0.6) is 0 Å². The van der Waals surface area contributed by atoms with Crippen LogP contribution < -0.4 is 10.2 Å². The van der Waals surface area contributed by atoms with E-state index in [4.69, 9.17) is 0 Å². The molecule has 3 aromatic carbocycles. The minimum atomic E-state index is -0.158. The first kappa shape index (κ1) is 20.0. The predicted molar refractivity (Wildman–Crippen MR) is 122 cm³/mol. The Morgan fingerprint density at radius 3 is 2.50 bits per heavy atom. The van der Waals surface area contributed by atoms with E-state index in [1.54, 1.807) is 24.1 Å². The lowest BCUT2D eigenvalue weighted by Crippen LogP contribution is -2.31.